The van der Waals surface area contributed by atoms with Gasteiger partial charge in [0.2, 0.25) is 10.0 Å². The van der Waals surface area contributed by atoms with Gasteiger partial charge in [-0.2, -0.15) is 4.31 Å². The minimum absolute atomic E-state index is 0.170. The number of nitro groups is 1. The average Bonchev–Trinajstić information content (AvgIpc) is 3.18. The Balaban J connectivity index is 1.66. The van der Waals surface area contributed by atoms with Crippen molar-refractivity contribution >= 4 is 33.0 Å². The highest BCUT2D eigenvalue weighted by Gasteiger charge is 2.32. The molecule has 0 spiro atoms. The molecule has 164 valence electrons. The molecule has 0 unspecified atom stereocenters. The van der Waals surface area contributed by atoms with Crippen molar-refractivity contribution in [1.29, 1.82) is 0 Å². The Kier molecular flexibility index (Phi) is 5.40. The number of rotatable bonds is 4. The first-order valence-corrected chi connectivity index (χ1v) is 11.3. The number of nitrogens with two attached hydrogens (primary N) is 1. The lowest BCUT2D eigenvalue weighted by atomic mass is 10.1. The second-order valence-corrected chi connectivity index (χ2v) is 9.54. The number of halogens is 1. The van der Waals surface area contributed by atoms with Gasteiger partial charge in [0.15, 0.2) is 0 Å². The van der Waals surface area contributed by atoms with Gasteiger partial charge >= 0.3 is 0 Å². The maximum Gasteiger partial charge on any atom is 0.295 e. The van der Waals surface area contributed by atoms with Crippen molar-refractivity contribution < 1.29 is 22.5 Å². The summed E-state index contributed by atoms with van der Waals surface area (Å²) in [5.74, 6) is -1.61. The Labute approximate surface area is 178 Å². The van der Waals surface area contributed by atoms with Crippen LogP contribution in [0.1, 0.15) is 35.2 Å². The maximum absolute atomic E-state index is 13.9. The van der Waals surface area contributed by atoms with Crippen LogP contribution >= 0.6 is 0 Å². The molecular formula is C20H21FN4O5S. The number of carbonyl (C=O) groups excluding carboxylic acids is 1. The fourth-order valence-corrected chi connectivity index (χ4v) is 5.65. The smallest absolute Gasteiger partial charge is 0.295 e. The molecule has 0 saturated carbocycles. The number of carbonyl (C=O) groups is 1. The maximum atomic E-state index is 13.9. The van der Waals surface area contributed by atoms with Gasteiger partial charge in [-0.05, 0) is 49.1 Å². The zero-order valence-corrected chi connectivity index (χ0v) is 17.4. The van der Waals surface area contributed by atoms with Crippen LogP contribution < -0.4 is 10.6 Å². The van der Waals surface area contributed by atoms with Gasteiger partial charge in [0.25, 0.3) is 11.6 Å². The van der Waals surface area contributed by atoms with E-state index in [-0.39, 0.29) is 17.0 Å². The number of nitrogens with zero attached hydrogens (tertiary/aromatic N) is 3. The summed E-state index contributed by atoms with van der Waals surface area (Å²) in [7, 11) is -3.62. The van der Waals surface area contributed by atoms with Crippen molar-refractivity contribution in [2.45, 2.75) is 30.6 Å². The van der Waals surface area contributed by atoms with Gasteiger partial charge in [-0.15, -0.1) is 0 Å². The van der Waals surface area contributed by atoms with Gasteiger partial charge < -0.3 is 10.6 Å². The lowest BCUT2D eigenvalue weighted by molar-refractivity contribution is -0.384. The summed E-state index contributed by atoms with van der Waals surface area (Å²) in [6, 6.07) is 6.09. The number of hydrogen-bond acceptors (Lipinski definition) is 6. The van der Waals surface area contributed by atoms with Crippen LogP contribution in [-0.4, -0.2) is 43.2 Å². The van der Waals surface area contributed by atoms with Crippen LogP contribution in [0.3, 0.4) is 0 Å². The molecule has 11 heteroatoms. The van der Waals surface area contributed by atoms with Crippen LogP contribution in [0.15, 0.2) is 35.2 Å². The monoisotopic (exact) mass is 448 g/mol. The Morgan fingerprint density at radius 2 is 1.81 bits per heavy atom. The average molecular weight is 448 g/mol. The Bertz CT molecular complexity index is 1180. The molecule has 31 heavy (non-hydrogen) atoms. The summed E-state index contributed by atoms with van der Waals surface area (Å²) >= 11 is 0. The van der Waals surface area contributed by atoms with E-state index in [4.69, 9.17) is 5.73 Å². The second-order valence-electron chi connectivity index (χ2n) is 7.61. The molecule has 0 aromatic heterocycles. The molecule has 1 fully saturated rings. The summed E-state index contributed by atoms with van der Waals surface area (Å²) in [4.78, 5) is 24.8. The van der Waals surface area contributed by atoms with Crippen molar-refractivity contribution in [2.24, 2.45) is 0 Å². The highest BCUT2D eigenvalue weighted by atomic mass is 32.2. The first-order chi connectivity index (χ1) is 14.7. The number of nitro benzene ring substituents is 1. The first kappa shape index (κ1) is 21.2. The van der Waals surface area contributed by atoms with Gasteiger partial charge in [-0.1, -0.05) is 6.42 Å². The van der Waals surface area contributed by atoms with Crippen molar-refractivity contribution in [3.63, 3.8) is 0 Å². The molecule has 4 rings (SSSR count). The van der Waals surface area contributed by atoms with Crippen LogP contribution in [0.4, 0.5) is 21.5 Å². The van der Waals surface area contributed by atoms with Crippen molar-refractivity contribution in [2.75, 3.05) is 30.3 Å². The van der Waals surface area contributed by atoms with Crippen LogP contribution in [0.2, 0.25) is 0 Å². The molecule has 0 atom stereocenters. The molecule has 2 aliphatic rings. The first-order valence-electron chi connectivity index (χ1n) is 9.88. The number of anilines is 2. The summed E-state index contributed by atoms with van der Waals surface area (Å²) in [5.41, 5.74) is 5.52. The summed E-state index contributed by atoms with van der Waals surface area (Å²) in [6.07, 6.45) is 3.07. The summed E-state index contributed by atoms with van der Waals surface area (Å²) < 4.78 is 41.2. The van der Waals surface area contributed by atoms with Gasteiger partial charge in [0.1, 0.15) is 11.5 Å². The molecular weight excluding hydrogens is 427 g/mol. The topological polar surface area (TPSA) is 127 Å². The summed E-state index contributed by atoms with van der Waals surface area (Å²) in [5, 5.41) is 11.1. The molecule has 2 aromatic carbocycles. The fraction of sp³-hybridized carbons (Fsp3) is 0.350. The largest absolute Gasteiger partial charge is 0.393 e. The van der Waals surface area contributed by atoms with Crippen molar-refractivity contribution in [3.05, 3.63) is 57.4 Å². The molecule has 0 aliphatic carbocycles. The molecule has 2 aliphatic heterocycles. The van der Waals surface area contributed by atoms with E-state index in [9.17, 15) is 27.7 Å². The SMILES string of the molecule is Nc1c(C(=O)N2CCc3cc(S(=O)(=O)N4CCCCC4)ccc32)cc(F)cc1[N+](=O)[O-]. The molecule has 0 bridgehead atoms. The predicted octanol–water partition coefficient (Wildman–Crippen LogP) is 2.69. The van der Waals surface area contributed by atoms with E-state index >= 15 is 0 Å². The Hall–Kier alpha value is -3.05. The zero-order valence-electron chi connectivity index (χ0n) is 16.6. The Morgan fingerprint density at radius 3 is 2.48 bits per heavy atom. The van der Waals surface area contributed by atoms with Crippen LogP contribution in [0.5, 0.6) is 0 Å². The van der Waals surface area contributed by atoms with Crippen molar-refractivity contribution in [3.8, 4) is 0 Å². The molecule has 1 saturated heterocycles. The van der Waals surface area contributed by atoms with Gasteiger partial charge in [-0.3, -0.25) is 14.9 Å². The number of piperidine rings is 1. The van der Waals surface area contributed by atoms with E-state index in [0.717, 1.165) is 25.3 Å². The number of sulfonamides is 1. The number of benzene rings is 2. The van der Waals surface area contributed by atoms with E-state index in [0.29, 0.717) is 36.8 Å². The number of hydrogen-bond donors (Lipinski definition) is 1. The zero-order chi connectivity index (χ0) is 22.3. The molecule has 2 N–H and O–H groups in total. The Morgan fingerprint density at radius 1 is 1.10 bits per heavy atom. The minimum Gasteiger partial charge on any atom is -0.393 e. The standard InChI is InChI=1S/C20H21FN4O5S/c21-14-11-16(19(22)18(12-14)25(27)28)20(26)24-9-6-13-10-15(4-5-17(13)24)31(29,30)23-7-2-1-3-8-23/h4-5,10-12H,1-3,6-9,22H2. The third kappa shape index (κ3) is 3.74. The number of amides is 1. The van der Waals surface area contributed by atoms with E-state index < -0.39 is 38.0 Å². The molecule has 0 radical (unpaired) electrons. The van der Waals surface area contributed by atoms with E-state index in [1.54, 1.807) is 12.1 Å². The third-order valence-electron chi connectivity index (χ3n) is 5.69. The third-order valence-corrected chi connectivity index (χ3v) is 7.59. The molecule has 2 heterocycles. The van der Waals surface area contributed by atoms with Crippen LogP contribution in [-0.2, 0) is 16.4 Å². The quantitative estimate of drug-likeness (QED) is 0.435. The lowest BCUT2D eigenvalue weighted by Crippen LogP contribution is -2.35. The predicted molar refractivity (Wildman–Crippen MR) is 112 cm³/mol. The van der Waals surface area contributed by atoms with Gasteiger partial charge in [0, 0.05) is 25.3 Å². The normalized spacial score (nSPS) is 16.9. The van der Waals surface area contributed by atoms with Crippen molar-refractivity contribution in [1.82, 2.24) is 4.31 Å². The molecule has 9 nitrogen and oxygen atoms in total. The highest BCUT2D eigenvalue weighted by molar-refractivity contribution is 7.89. The molecule has 1 amide bonds. The minimum atomic E-state index is -3.62. The molecule has 2 aromatic rings. The second kappa shape index (κ2) is 7.89. The fourth-order valence-electron chi connectivity index (χ4n) is 4.08. The number of nitrogen functional groups attached to an aromatic ring is 1. The van der Waals surface area contributed by atoms with E-state index in [1.807, 2.05) is 0 Å². The lowest BCUT2D eigenvalue weighted by Gasteiger charge is -2.26. The van der Waals surface area contributed by atoms with Gasteiger partial charge in [0.05, 0.1) is 21.4 Å². The van der Waals surface area contributed by atoms with Crippen LogP contribution in [0.25, 0.3) is 0 Å². The summed E-state index contributed by atoms with van der Waals surface area (Å²) in [6.45, 7) is 1.20. The highest BCUT2D eigenvalue weighted by Crippen LogP contribution is 2.35. The number of fused-ring (bicyclic) bond motifs is 1. The van der Waals surface area contributed by atoms with Gasteiger partial charge in [-0.25, -0.2) is 12.8 Å². The van der Waals surface area contributed by atoms with Crippen LogP contribution in [0, 0.1) is 15.9 Å². The van der Waals surface area contributed by atoms with E-state index in [1.165, 1.54) is 15.3 Å². The van der Waals surface area contributed by atoms with E-state index in [2.05, 4.69) is 0 Å².